The van der Waals surface area contributed by atoms with E-state index in [1.807, 2.05) is 24.3 Å². The molecule has 0 fully saturated rings. The van der Waals surface area contributed by atoms with Gasteiger partial charge in [0, 0.05) is 8.59 Å². The molecule has 18 heavy (non-hydrogen) atoms. The summed E-state index contributed by atoms with van der Waals surface area (Å²) in [4.78, 5) is 0. The maximum absolute atomic E-state index is 6.58. The lowest BCUT2D eigenvalue weighted by atomic mass is 10.00. The van der Waals surface area contributed by atoms with Gasteiger partial charge in [-0.1, -0.05) is 35.9 Å². The number of halogens is 3. The summed E-state index contributed by atoms with van der Waals surface area (Å²) in [7, 11) is 0. The number of rotatable bonds is 2. The third-order valence-electron chi connectivity index (χ3n) is 3.06. The van der Waals surface area contributed by atoms with E-state index in [-0.39, 0.29) is 5.38 Å². The third-order valence-corrected chi connectivity index (χ3v) is 4.84. The van der Waals surface area contributed by atoms with Gasteiger partial charge in [-0.2, -0.15) is 0 Å². The molecule has 1 unspecified atom stereocenters. The Hall–Kier alpha value is -0.250. The molecule has 0 saturated heterocycles. The van der Waals surface area contributed by atoms with Crippen LogP contribution in [0.3, 0.4) is 0 Å². The largest absolute Gasteiger partial charge is 0.112 e. The highest BCUT2D eigenvalue weighted by Crippen LogP contribution is 2.36. The Labute approximate surface area is 131 Å². The van der Waals surface area contributed by atoms with Crippen molar-refractivity contribution < 1.29 is 0 Å². The van der Waals surface area contributed by atoms with Crippen molar-refractivity contribution in [1.29, 1.82) is 0 Å². The summed E-state index contributed by atoms with van der Waals surface area (Å²) in [5.41, 5.74) is 4.48. The van der Waals surface area contributed by atoms with Gasteiger partial charge in [0.15, 0.2) is 0 Å². The van der Waals surface area contributed by atoms with Crippen LogP contribution in [0.1, 0.15) is 27.6 Å². The molecular weight excluding hydrogens is 378 g/mol. The van der Waals surface area contributed by atoms with Crippen LogP contribution >= 0.6 is 45.8 Å². The van der Waals surface area contributed by atoms with E-state index in [9.17, 15) is 0 Å². The second-order valence-electron chi connectivity index (χ2n) is 4.34. The molecule has 0 aromatic heterocycles. The van der Waals surface area contributed by atoms with E-state index in [2.05, 4.69) is 48.6 Å². The first-order valence-corrected chi connectivity index (χ1v) is 7.55. The molecule has 0 aliphatic heterocycles. The van der Waals surface area contributed by atoms with Gasteiger partial charge in [0.2, 0.25) is 0 Å². The first-order valence-electron chi connectivity index (χ1n) is 5.66. The highest BCUT2D eigenvalue weighted by molar-refractivity contribution is 14.1. The topological polar surface area (TPSA) is 0 Å². The van der Waals surface area contributed by atoms with E-state index in [1.54, 1.807) is 0 Å². The minimum absolute atomic E-state index is 0.204. The zero-order chi connectivity index (χ0) is 13.3. The monoisotopic (exact) mass is 390 g/mol. The normalized spacial score (nSPS) is 12.5. The van der Waals surface area contributed by atoms with Crippen LogP contribution in [-0.4, -0.2) is 0 Å². The van der Waals surface area contributed by atoms with E-state index >= 15 is 0 Å². The van der Waals surface area contributed by atoms with Crippen molar-refractivity contribution in [1.82, 2.24) is 0 Å². The molecule has 3 heteroatoms. The first-order chi connectivity index (χ1) is 8.50. The van der Waals surface area contributed by atoms with E-state index in [0.717, 1.165) is 19.7 Å². The Balaban J connectivity index is 2.50. The van der Waals surface area contributed by atoms with Gasteiger partial charge in [-0.05, 0) is 70.8 Å². The predicted octanol–water partition coefficient (Wildman–Crippen LogP) is 5.89. The van der Waals surface area contributed by atoms with Crippen molar-refractivity contribution >= 4 is 45.8 Å². The summed E-state index contributed by atoms with van der Waals surface area (Å²) in [6.45, 7) is 4.13. The lowest BCUT2D eigenvalue weighted by Gasteiger charge is -2.15. The van der Waals surface area contributed by atoms with Crippen LogP contribution < -0.4 is 0 Å². The molecule has 0 radical (unpaired) electrons. The zero-order valence-corrected chi connectivity index (χ0v) is 13.8. The van der Waals surface area contributed by atoms with Crippen molar-refractivity contribution in [3.8, 4) is 0 Å². The minimum Gasteiger partial charge on any atom is -0.112 e. The summed E-state index contributed by atoms with van der Waals surface area (Å²) in [6.07, 6.45) is 0. The van der Waals surface area contributed by atoms with Crippen LogP contribution in [0.25, 0.3) is 0 Å². The van der Waals surface area contributed by atoms with Crippen LogP contribution in [0, 0.1) is 17.4 Å². The fourth-order valence-corrected chi connectivity index (χ4v) is 3.48. The average Bonchev–Trinajstić information content (AvgIpc) is 2.33. The predicted molar refractivity (Wildman–Crippen MR) is 87.8 cm³/mol. The zero-order valence-electron chi connectivity index (χ0n) is 10.2. The first kappa shape index (κ1) is 14.2. The molecule has 1 atom stereocenters. The molecule has 0 saturated carbocycles. The quantitative estimate of drug-likeness (QED) is 0.443. The SMILES string of the molecule is Cc1cc(Cl)c(C(Cl)c2ccccc2I)cc1C. The Kier molecular flexibility index (Phi) is 4.57. The fourth-order valence-electron chi connectivity index (χ4n) is 1.85. The molecule has 0 bridgehead atoms. The third kappa shape index (κ3) is 2.84. The summed E-state index contributed by atoms with van der Waals surface area (Å²) in [5, 5.41) is 0.530. The van der Waals surface area contributed by atoms with Crippen molar-refractivity contribution in [2.45, 2.75) is 19.2 Å². The molecule has 0 amide bonds. The molecule has 2 aromatic carbocycles. The van der Waals surface area contributed by atoms with Crippen molar-refractivity contribution in [2.75, 3.05) is 0 Å². The molecule has 0 spiro atoms. The molecule has 2 rings (SSSR count). The van der Waals surface area contributed by atoms with Gasteiger partial charge in [-0.25, -0.2) is 0 Å². The lowest BCUT2D eigenvalue weighted by Crippen LogP contribution is -1.98. The average molecular weight is 391 g/mol. The standard InChI is InChI=1S/C15H13Cl2I/c1-9-7-12(13(16)8-10(9)2)15(17)11-5-3-4-6-14(11)18/h3-8,15H,1-2H3. The van der Waals surface area contributed by atoms with Crippen molar-refractivity contribution in [3.63, 3.8) is 0 Å². The number of hydrogen-bond donors (Lipinski definition) is 0. The molecule has 0 nitrogen and oxygen atoms in total. The molecular formula is C15H13Cl2I. The van der Waals surface area contributed by atoms with Gasteiger partial charge < -0.3 is 0 Å². The van der Waals surface area contributed by atoms with Crippen LogP contribution in [0.2, 0.25) is 5.02 Å². The minimum atomic E-state index is -0.204. The Morgan fingerprint density at radius 2 is 1.61 bits per heavy atom. The molecule has 0 N–H and O–H groups in total. The molecule has 0 aliphatic carbocycles. The van der Waals surface area contributed by atoms with E-state index in [1.165, 1.54) is 11.1 Å². The summed E-state index contributed by atoms with van der Waals surface area (Å²) >= 11 is 15.2. The van der Waals surface area contributed by atoms with Gasteiger partial charge in [0.25, 0.3) is 0 Å². The Bertz CT molecular complexity index is 579. The highest BCUT2D eigenvalue weighted by atomic mass is 127. The smallest absolute Gasteiger partial charge is 0.0860 e. The maximum Gasteiger partial charge on any atom is 0.0860 e. The van der Waals surface area contributed by atoms with Gasteiger partial charge in [0.05, 0.1) is 5.38 Å². The number of hydrogen-bond acceptors (Lipinski definition) is 0. The molecule has 94 valence electrons. The summed E-state index contributed by atoms with van der Waals surface area (Å²) in [6, 6.07) is 12.2. The second-order valence-corrected chi connectivity index (χ2v) is 6.35. The summed E-state index contributed by atoms with van der Waals surface area (Å²) < 4.78 is 1.16. The number of benzene rings is 2. The van der Waals surface area contributed by atoms with E-state index in [0.29, 0.717) is 0 Å². The number of aryl methyl sites for hydroxylation is 2. The van der Waals surface area contributed by atoms with Crippen LogP contribution in [0.5, 0.6) is 0 Å². The van der Waals surface area contributed by atoms with Gasteiger partial charge in [-0.15, -0.1) is 11.6 Å². The van der Waals surface area contributed by atoms with E-state index in [4.69, 9.17) is 23.2 Å². The Morgan fingerprint density at radius 1 is 1.00 bits per heavy atom. The van der Waals surface area contributed by atoms with Crippen LogP contribution in [0.4, 0.5) is 0 Å². The molecule has 0 heterocycles. The van der Waals surface area contributed by atoms with Crippen molar-refractivity contribution in [3.05, 3.63) is 67.2 Å². The molecule has 2 aromatic rings. The lowest BCUT2D eigenvalue weighted by molar-refractivity contribution is 1.11. The highest BCUT2D eigenvalue weighted by Gasteiger charge is 2.17. The Morgan fingerprint density at radius 3 is 2.28 bits per heavy atom. The van der Waals surface area contributed by atoms with Gasteiger partial charge in [0.1, 0.15) is 0 Å². The number of alkyl halides is 1. The summed E-state index contributed by atoms with van der Waals surface area (Å²) in [5.74, 6) is 0. The fraction of sp³-hybridized carbons (Fsp3) is 0.200. The van der Waals surface area contributed by atoms with Crippen LogP contribution in [0.15, 0.2) is 36.4 Å². The van der Waals surface area contributed by atoms with E-state index < -0.39 is 0 Å². The van der Waals surface area contributed by atoms with Gasteiger partial charge in [-0.3, -0.25) is 0 Å². The molecule has 0 aliphatic rings. The maximum atomic E-state index is 6.58. The van der Waals surface area contributed by atoms with Gasteiger partial charge >= 0.3 is 0 Å². The van der Waals surface area contributed by atoms with Crippen LogP contribution in [-0.2, 0) is 0 Å². The second kappa shape index (κ2) is 5.81. The van der Waals surface area contributed by atoms with Crippen molar-refractivity contribution in [2.24, 2.45) is 0 Å².